The molecule has 0 saturated heterocycles. The number of aryl methyl sites for hydroxylation is 3. The van der Waals surface area contributed by atoms with Gasteiger partial charge in [0.25, 0.3) is 0 Å². The third-order valence-electron chi connectivity index (χ3n) is 3.64. The van der Waals surface area contributed by atoms with Crippen LogP contribution in [0.5, 0.6) is 0 Å². The van der Waals surface area contributed by atoms with E-state index < -0.39 is 0 Å². The molecule has 0 unspecified atom stereocenters. The Morgan fingerprint density at radius 3 is 2.95 bits per heavy atom. The smallest absolute Gasteiger partial charge is 0.0797 e. The molecule has 20 heavy (non-hydrogen) atoms. The third-order valence-corrected chi connectivity index (χ3v) is 4.64. The largest absolute Gasteiger partial charge is 0.347 e. The highest BCUT2D eigenvalue weighted by Gasteiger charge is 2.05. The first-order valence-electron chi connectivity index (χ1n) is 6.89. The van der Waals surface area contributed by atoms with Gasteiger partial charge in [-0.2, -0.15) is 0 Å². The van der Waals surface area contributed by atoms with E-state index in [1.165, 1.54) is 27.0 Å². The Morgan fingerprint density at radius 1 is 1.30 bits per heavy atom. The molecule has 0 aliphatic rings. The van der Waals surface area contributed by atoms with Crippen LogP contribution in [-0.2, 0) is 19.5 Å². The Bertz CT molecular complexity index is 711. The highest BCUT2D eigenvalue weighted by molar-refractivity contribution is 7.09. The molecule has 0 bridgehead atoms. The second-order valence-electron chi connectivity index (χ2n) is 5.04. The minimum Gasteiger partial charge on any atom is -0.347 e. The normalized spacial score (nSPS) is 11.3. The molecule has 0 atom stereocenters. The summed E-state index contributed by atoms with van der Waals surface area (Å²) in [7, 11) is 1.98. The van der Waals surface area contributed by atoms with Crippen molar-refractivity contribution in [2.24, 2.45) is 0 Å². The second-order valence-corrected chi connectivity index (χ2v) is 5.98. The van der Waals surface area contributed by atoms with Crippen molar-refractivity contribution >= 4 is 22.2 Å². The fourth-order valence-electron chi connectivity index (χ4n) is 2.53. The van der Waals surface area contributed by atoms with E-state index in [1.807, 2.05) is 12.6 Å². The van der Waals surface area contributed by atoms with Crippen molar-refractivity contribution in [2.75, 3.05) is 7.05 Å². The van der Waals surface area contributed by atoms with E-state index in [-0.39, 0.29) is 0 Å². The number of nitrogens with zero attached hydrogens (tertiary/aromatic N) is 2. The summed E-state index contributed by atoms with van der Waals surface area (Å²) in [4.78, 5) is 5.71. The molecule has 0 radical (unpaired) electrons. The van der Waals surface area contributed by atoms with E-state index in [4.69, 9.17) is 0 Å². The Hall–Kier alpha value is -1.65. The van der Waals surface area contributed by atoms with E-state index in [0.29, 0.717) is 0 Å². The van der Waals surface area contributed by atoms with Crippen LogP contribution in [0.4, 0.5) is 0 Å². The third kappa shape index (κ3) is 2.62. The van der Waals surface area contributed by atoms with Gasteiger partial charge in [0.15, 0.2) is 0 Å². The summed E-state index contributed by atoms with van der Waals surface area (Å²) in [6.45, 7) is 4.01. The van der Waals surface area contributed by atoms with Gasteiger partial charge in [-0.1, -0.05) is 12.1 Å². The van der Waals surface area contributed by atoms with Gasteiger partial charge < -0.3 is 9.88 Å². The molecule has 0 spiro atoms. The van der Waals surface area contributed by atoms with E-state index in [1.54, 1.807) is 11.3 Å². The molecule has 0 amide bonds. The molecule has 2 aromatic heterocycles. The Kier molecular flexibility index (Phi) is 3.85. The van der Waals surface area contributed by atoms with Crippen LogP contribution in [0.3, 0.4) is 0 Å². The number of nitrogens with one attached hydrogen (secondary N) is 1. The van der Waals surface area contributed by atoms with Crippen molar-refractivity contribution in [1.82, 2.24) is 14.9 Å². The van der Waals surface area contributed by atoms with Crippen LogP contribution in [-0.4, -0.2) is 16.6 Å². The van der Waals surface area contributed by atoms with Gasteiger partial charge in [-0.3, -0.25) is 0 Å². The van der Waals surface area contributed by atoms with Gasteiger partial charge in [0.2, 0.25) is 0 Å². The molecule has 0 saturated carbocycles. The molecule has 2 heterocycles. The van der Waals surface area contributed by atoms with Crippen LogP contribution >= 0.6 is 11.3 Å². The van der Waals surface area contributed by atoms with Crippen molar-refractivity contribution in [3.05, 3.63) is 52.1 Å². The quantitative estimate of drug-likeness (QED) is 0.779. The first-order valence-corrected chi connectivity index (χ1v) is 7.77. The lowest BCUT2D eigenvalue weighted by Gasteiger charge is -2.07. The van der Waals surface area contributed by atoms with Gasteiger partial charge in [-0.05, 0) is 37.1 Å². The zero-order valence-electron chi connectivity index (χ0n) is 11.9. The molecule has 1 aromatic carbocycles. The van der Waals surface area contributed by atoms with E-state index in [0.717, 1.165) is 19.5 Å². The first kappa shape index (κ1) is 13.3. The SMILES string of the molecule is CNCc1ccc2ccn(CCc3scnc3C)c2c1. The van der Waals surface area contributed by atoms with Crippen LogP contribution in [0, 0.1) is 6.92 Å². The maximum absolute atomic E-state index is 4.32. The maximum atomic E-state index is 4.32. The Morgan fingerprint density at radius 2 is 2.20 bits per heavy atom. The zero-order chi connectivity index (χ0) is 13.9. The van der Waals surface area contributed by atoms with Gasteiger partial charge in [0.1, 0.15) is 0 Å². The zero-order valence-corrected chi connectivity index (χ0v) is 12.7. The number of fused-ring (bicyclic) bond motifs is 1. The number of benzene rings is 1. The monoisotopic (exact) mass is 285 g/mol. The van der Waals surface area contributed by atoms with Crippen molar-refractivity contribution in [1.29, 1.82) is 0 Å². The van der Waals surface area contributed by atoms with Crippen LogP contribution in [0.15, 0.2) is 36.0 Å². The van der Waals surface area contributed by atoms with E-state index in [2.05, 4.69) is 52.3 Å². The van der Waals surface area contributed by atoms with Crippen LogP contribution in [0.25, 0.3) is 10.9 Å². The lowest BCUT2D eigenvalue weighted by Crippen LogP contribution is -2.05. The molecule has 0 fully saturated rings. The summed E-state index contributed by atoms with van der Waals surface area (Å²) in [5.74, 6) is 0. The minimum atomic E-state index is 0.912. The predicted molar refractivity (Wildman–Crippen MR) is 85.3 cm³/mol. The molecule has 4 heteroatoms. The molecule has 0 aliphatic carbocycles. The Labute approximate surface area is 123 Å². The summed E-state index contributed by atoms with van der Waals surface area (Å²) in [5, 5.41) is 4.52. The van der Waals surface area contributed by atoms with Gasteiger partial charge >= 0.3 is 0 Å². The number of rotatable bonds is 5. The minimum absolute atomic E-state index is 0.912. The number of thiazole rings is 1. The fourth-order valence-corrected chi connectivity index (χ4v) is 3.30. The summed E-state index contributed by atoms with van der Waals surface area (Å²) in [6, 6.07) is 8.87. The van der Waals surface area contributed by atoms with Crippen molar-refractivity contribution in [3.8, 4) is 0 Å². The molecule has 3 aromatic rings. The Balaban J connectivity index is 1.84. The van der Waals surface area contributed by atoms with Crippen molar-refractivity contribution in [3.63, 3.8) is 0 Å². The fraction of sp³-hybridized carbons (Fsp3) is 0.312. The molecule has 104 valence electrons. The van der Waals surface area contributed by atoms with Gasteiger partial charge in [-0.15, -0.1) is 11.3 Å². The molecular weight excluding hydrogens is 266 g/mol. The molecular formula is C16H19N3S. The topological polar surface area (TPSA) is 29.9 Å². The maximum Gasteiger partial charge on any atom is 0.0797 e. The highest BCUT2D eigenvalue weighted by atomic mass is 32.1. The predicted octanol–water partition coefficient (Wildman–Crippen LogP) is 3.37. The van der Waals surface area contributed by atoms with Crippen LogP contribution in [0.2, 0.25) is 0 Å². The van der Waals surface area contributed by atoms with E-state index in [9.17, 15) is 0 Å². The van der Waals surface area contributed by atoms with Crippen molar-refractivity contribution < 1.29 is 0 Å². The lowest BCUT2D eigenvalue weighted by atomic mass is 10.1. The second kappa shape index (κ2) is 5.77. The number of hydrogen-bond acceptors (Lipinski definition) is 3. The summed E-state index contributed by atoms with van der Waals surface area (Å²) >= 11 is 1.75. The van der Waals surface area contributed by atoms with Crippen LogP contribution < -0.4 is 5.32 Å². The molecule has 3 rings (SSSR count). The standard InChI is InChI=1S/C16H19N3S/c1-12-16(20-11-18-12)6-8-19-7-5-14-4-3-13(10-17-2)9-15(14)19/h3-5,7,9,11,17H,6,8,10H2,1-2H3. The lowest BCUT2D eigenvalue weighted by molar-refractivity contribution is 0.725. The summed E-state index contributed by atoms with van der Waals surface area (Å²) in [5.41, 5.74) is 5.75. The van der Waals surface area contributed by atoms with E-state index >= 15 is 0 Å². The average Bonchev–Trinajstić information content (AvgIpc) is 3.03. The van der Waals surface area contributed by atoms with Gasteiger partial charge in [0.05, 0.1) is 11.2 Å². The average molecular weight is 285 g/mol. The van der Waals surface area contributed by atoms with Crippen molar-refractivity contribution in [2.45, 2.75) is 26.4 Å². The molecule has 3 nitrogen and oxygen atoms in total. The number of hydrogen-bond donors (Lipinski definition) is 1. The first-order chi connectivity index (χ1) is 9.78. The molecule has 0 aliphatic heterocycles. The number of aromatic nitrogens is 2. The van der Waals surface area contributed by atoms with Crippen LogP contribution in [0.1, 0.15) is 16.1 Å². The van der Waals surface area contributed by atoms with Gasteiger partial charge in [0, 0.05) is 36.1 Å². The summed E-state index contributed by atoms with van der Waals surface area (Å²) < 4.78 is 2.34. The molecule has 1 N–H and O–H groups in total. The summed E-state index contributed by atoms with van der Waals surface area (Å²) in [6.07, 6.45) is 3.24. The van der Waals surface area contributed by atoms with Gasteiger partial charge in [-0.25, -0.2) is 4.98 Å². The highest BCUT2D eigenvalue weighted by Crippen LogP contribution is 2.20.